The molecule has 0 spiro atoms. The largest absolute Gasteiger partial charge is 0.456 e. The van der Waals surface area contributed by atoms with Gasteiger partial charge in [0.2, 0.25) is 0 Å². The second-order valence-corrected chi connectivity index (χ2v) is 7.37. The van der Waals surface area contributed by atoms with Crippen LogP contribution >= 0.6 is 11.3 Å². The molecule has 0 atom stereocenters. The Balaban J connectivity index is 1.61. The first-order valence-corrected chi connectivity index (χ1v) is 9.45. The highest BCUT2D eigenvalue weighted by Gasteiger charge is 2.17. The Labute approximate surface area is 158 Å². The van der Waals surface area contributed by atoms with Gasteiger partial charge in [0.25, 0.3) is 0 Å². The van der Waals surface area contributed by atoms with E-state index >= 15 is 0 Å². The monoisotopic (exact) mass is 373 g/mol. The normalized spacial score (nSPS) is 11.4. The number of hydrogen-bond donors (Lipinski definition) is 0. The minimum absolute atomic E-state index is 0.00138. The summed E-state index contributed by atoms with van der Waals surface area (Å²) in [6, 6.07) is 11.7. The molecule has 0 fully saturated rings. The molecule has 0 amide bonds. The summed E-state index contributed by atoms with van der Waals surface area (Å²) >= 11 is 1.51. The number of carbonyl (C=O) groups is 1. The summed E-state index contributed by atoms with van der Waals surface area (Å²) in [7, 11) is 0. The lowest BCUT2D eigenvalue weighted by atomic mass is 10.1. The van der Waals surface area contributed by atoms with Crippen LogP contribution in [0.2, 0.25) is 0 Å². The Morgan fingerprint density at radius 1 is 1.26 bits per heavy atom. The predicted octanol–water partition coefficient (Wildman–Crippen LogP) is 4.94. The maximum absolute atomic E-state index is 13.0. The molecule has 0 radical (unpaired) electrons. The van der Waals surface area contributed by atoms with Crippen molar-refractivity contribution in [1.29, 1.82) is 0 Å². The van der Waals surface area contributed by atoms with Gasteiger partial charge in [-0.2, -0.15) is 0 Å². The highest BCUT2D eigenvalue weighted by Crippen LogP contribution is 2.29. The van der Waals surface area contributed by atoms with Crippen molar-refractivity contribution in [3.05, 3.63) is 76.6 Å². The van der Waals surface area contributed by atoms with Crippen LogP contribution in [0.1, 0.15) is 21.1 Å². The topological polar surface area (TPSA) is 60.4 Å². The number of hydrogen-bond acceptors (Lipinski definition) is 5. The molecular weight excluding hydrogens is 358 g/mol. The van der Waals surface area contributed by atoms with E-state index in [9.17, 15) is 4.79 Å². The summed E-state index contributed by atoms with van der Waals surface area (Å²) in [5.41, 5.74) is 3.82. The minimum Gasteiger partial charge on any atom is -0.456 e. The second-order valence-electron chi connectivity index (χ2n) is 6.43. The standard InChI is InChI=1S/C21H15N3O2S/c1-13-12-27-20(23-13)10-17(25)16-8-15(11-24-7-6-22-21(16)24)19-9-14-4-2-3-5-18(14)26-19/h2-9,11-12H,10H2,1H3. The Hall–Kier alpha value is -3.25. The van der Waals surface area contributed by atoms with Crippen LogP contribution in [0.3, 0.4) is 0 Å². The molecule has 5 aromatic rings. The number of imidazole rings is 1. The number of para-hydroxylation sites is 1. The number of carbonyl (C=O) groups excluding carboxylic acids is 1. The maximum atomic E-state index is 13.0. The number of rotatable bonds is 4. The minimum atomic E-state index is -0.00138. The summed E-state index contributed by atoms with van der Waals surface area (Å²) in [4.78, 5) is 21.7. The van der Waals surface area contributed by atoms with Gasteiger partial charge in [-0.3, -0.25) is 4.79 Å². The van der Waals surface area contributed by atoms with Gasteiger partial charge in [-0.25, -0.2) is 9.97 Å². The highest BCUT2D eigenvalue weighted by atomic mass is 32.1. The molecule has 0 aliphatic heterocycles. The molecule has 27 heavy (non-hydrogen) atoms. The van der Waals surface area contributed by atoms with E-state index in [4.69, 9.17) is 4.42 Å². The maximum Gasteiger partial charge on any atom is 0.173 e. The number of fused-ring (bicyclic) bond motifs is 2. The van der Waals surface area contributed by atoms with Crippen molar-refractivity contribution in [3.63, 3.8) is 0 Å². The zero-order chi connectivity index (χ0) is 18.4. The molecule has 5 nitrogen and oxygen atoms in total. The highest BCUT2D eigenvalue weighted by molar-refractivity contribution is 7.09. The van der Waals surface area contributed by atoms with E-state index in [1.807, 2.05) is 65.5 Å². The van der Waals surface area contributed by atoms with Gasteiger partial charge in [-0.05, 0) is 25.1 Å². The van der Waals surface area contributed by atoms with Crippen LogP contribution in [-0.4, -0.2) is 20.2 Å². The Morgan fingerprint density at radius 2 is 2.15 bits per heavy atom. The van der Waals surface area contributed by atoms with Gasteiger partial charge in [-0.1, -0.05) is 18.2 Å². The van der Waals surface area contributed by atoms with Gasteiger partial charge in [0.05, 0.1) is 12.0 Å². The van der Waals surface area contributed by atoms with Gasteiger partial charge in [0.1, 0.15) is 22.0 Å². The van der Waals surface area contributed by atoms with Crippen LogP contribution in [0.5, 0.6) is 0 Å². The average Bonchev–Trinajstić information content (AvgIpc) is 3.39. The van der Waals surface area contributed by atoms with E-state index in [0.717, 1.165) is 33.0 Å². The van der Waals surface area contributed by atoms with E-state index in [0.29, 0.717) is 11.2 Å². The summed E-state index contributed by atoms with van der Waals surface area (Å²) < 4.78 is 7.84. The third-order valence-electron chi connectivity index (χ3n) is 4.48. The number of aryl methyl sites for hydroxylation is 1. The first kappa shape index (κ1) is 16.0. The molecule has 5 rings (SSSR count). The van der Waals surface area contributed by atoms with Crippen LogP contribution in [0.4, 0.5) is 0 Å². The van der Waals surface area contributed by atoms with Crippen LogP contribution in [0, 0.1) is 6.92 Å². The molecule has 6 heteroatoms. The molecule has 4 heterocycles. The summed E-state index contributed by atoms with van der Waals surface area (Å²) in [6.07, 6.45) is 5.74. The SMILES string of the molecule is Cc1csc(CC(=O)c2cc(-c3cc4ccccc4o3)cn3ccnc23)n1. The number of nitrogens with zero attached hydrogens (tertiary/aromatic N) is 3. The molecule has 0 bridgehead atoms. The second kappa shape index (κ2) is 6.17. The first-order valence-electron chi connectivity index (χ1n) is 8.57. The van der Waals surface area contributed by atoms with E-state index < -0.39 is 0 Å². The molecule has 132 valence electrons. The number of Topliss-reactive ketones (excluding diaryl/α,β-unsaturated/α-hetero) is 1. The summed E-state index contributed by atoms with van der Waals surface area (Å²) in [5.74, 6) is 0.726. The lowest BCUT2D eigenvalue weighted by Gasteiger charge is -2.06. The summed E-state index contributed by atoms with van der Waals surface area (Å²) in [5, 5.41) is 3.80. The first-order chi connectivity index (χ1) is 13.2. The molecule has 1 aromatic carbocycles. The van der Waals surface area contributed by atoms with Crippen LogP contribution in [0.25, 0.3) is 27.9 Å². The van der Waals surface area contributed by atoms with Crippen molar-refractivity contribution in [3.8, 4) is 11.3 Å². The Kier molecular flexibility index (Phi) is 3.65. The van der Waals surface area contributed by atoms with Crippen molar-refractivity contribution in [2.24, 2.45) is 0 Å². The zero-order valence-corrected chi connectivity index (χ0v) is 15.4. The van der Waals surface area contributed by atoms with Crippen LogP contribution in [-0.2, 0) is 6.42 Å². The van der Waals surface area contributed by atoms with E-state index in [1.165, 1.54) is 11.3 Å². The van der Waals surface area contributed by atoms with Gasteiger partial charge in [0.15, 0.2) is 5.78 Å². The molecule has 4 aromatic heterocycles. The van der Waals surface area contributed by atoms with Crippen LogP contribution < -0.4 is 0 Å². The van der Waals surface area contributed by atoms with Crippen molar-refractivity contribution in [2.75, 3.05) is 0 Å². The zero-order valence-electron chi connectivity index (χ0n) is 14.5. The Morgan fingerprint density at radius 3 is 2.96 bits per heavy atom. The number of aromatic nitrogens is 3. The van der Waals surface area contributed by atoms with Crippen molar-refractivity contribution in [2.45, 2.75) is 13.3 Å². The number of benzene rings is 1. The average molecular weight is 373 g/mol. The molecule has 0 N–H and O–H groups in total. The third-order valence-corrected chi connectivity index (χ3v) is 5.44. The van der Waals surface area contributed by atoms with Gasteiger partial charge >= 0.3 is 0 Å². The molecular formula is C21H15N3O2S. The van der Waals surface area contributed by atoms with Gasteiger partial charge in [0, 0.05) is 40.6 Å². The van der Waals surface area contributed by atoms with Crippen molar-refractivity contribution >= 4 is 33.7 Å². The molecule has 0 saturated heterocycles. The Bertz CT molecular complexity index is 1260. The van der Waals surface area contributed by atoms with E-state index in [2.05, 4.69) is 9.97 Å². The lowest BCUT2D eigenvalue weighted by molar-refractivity contribution is 0.0994. The van der Waals surface area contributed by atoms with Crippen LogP contribution in [0.15, 0.2) is 64.8 Å². The quantitative estimate of drug-likeness (QED) is 0.419. The predicted molar refractivity (Wildman–Crippen MR) is 105 cm³/mol. The molecule has 0 saturated carbocycles. The fourth-order valence-electron chi connectivity index (χ4n) is 3.21. The van der Waals surface area contributed by atoms with Crippen molar-refractivity contribution < 1.29 is 9.21 Å². The molecule has 0 unspecified atom stereocenters. The molecule has 0 aliphatic carbocycles. The van der Waals surface area contributed by atoms with Crippen molar-refractivity contribution in [1.82, 2.24) is 14.4 Å². The number of pyridine rings is 1. The third kappa shape index (κ3) is 2.84. The summed E-state index contributed by atoms with van der Waals surface area (Å²) in [6.45, 7) is 1.93. The lowest BCUT2D eigenvalue weighted by Crippen LogP contribution is -2.06. The smallest absolute Gasteiger partial charge is 0.173 e. The number of thiazole rings is 1. The fourth-order valence-corrected chi connectivity index (χ4v) is 3.98. The van der Waals surface area contributed by atoms with Gasteiger partial charge < -0.3 is 8.82 Å². The fraction of sp³-hybridized carbons (Fsp3) is 0.0952. The van der Waals surface area contributed by atoms with E-state index in [-0.39, 0.29) is 12.2 Å². The number of ketones is 1. The number of furan rings is 1. The van der Waals surface area contributed by atoms with Gasteiger partial charge in [-0.15, -0.1) is 11.3 Å². The molecule has 0 aliphatic rings. The van der Waals surface area contributed by atoms with E-state index in [1.54, 1.807) is 6.20 Å².